The largest absolute Gasteiger partial charge is 0.395 e. The van der Waals surface area contributed by atoms with E-state index in [1.807, 2.05) is 11.0 Å². The van der Waals surface area contributed by atoms with E-state index in [-0.39, 0.29) is 25.6 Å². The average Bonchev–Trinajstić information content (AvgIpc) is 2.79. The van der Waals surface area contributed by atoms with Crippen LogP contribution in [0, 0.1) is 11.3 Å². The minimum atomic E-state index is -0.137. The Kier molecular flexibility index (Phi) is 5.83. The topological polar surface area (TPSA) is 76.4 Å². The summed E-state index contributed by atoms with van der Waals surface area (Å²) in [5, 5.41) is 19.8. The maximum atomic E-state index is 11.5. The van der Waals surface area contributed by atoms with Crippen molar-refractivity contribution < 1.29 is 9.90 Å². The van der Waals surface area contributed by atoms with Crippen molar-refractivity contribution >= 4 is 5.91 Å². The highest BCUT2D eigenvalue weighted by Crippen LogP contribution is 2.22. The fraction of sp³-hybridized carbons (Fsp3) is 0.818. The van der Waals surface area contributed by atoms with E-state index in [2.05, 4.69) is 5.32 Å². The lowest BCUT2D eigenvalue weighted by atomic mass is 10.2. The van der Waals surface area contributed by atoms with Gasteiger partial charge in [-0.25, -0.2) is 0 Å². The van der Waals surface area contributed by atoms with Gasteiger partial charge in [0.05, 0.1) is 19.2 Å². The Labute approximate surface area is 96.0 Å². The molecule has 90 valence electrons. The second-order valence-corrected chi connectivity index (χ2v) is 4.07. The van der Waals surface area contributed by atoms with E-state index in [4.69, 9.17) is 10.4 Å². The Morgan fingerprint density at radius 1 is 1.50 bits per heavy atom. The molecule has 0 heterocycles. The van der Waals surface area contributed by atoms with Crippen molar-refractivity contribution in [3.63, 3.8) is 0 Å². The van der Waals surface area contributed by atoms with Crippen molar-refractivity contribution in [1.29, 1.82) is 5.26 Å². The third-order valence-corrected chi connectivity index (χ3v) is 2.94. The van der Waals surface area contributed by atoms with Gasteiger partial charge in [0.25, 0.3) is 0 Å². The van der Waals surface area contributed by atoms with Gasteiger partial charge in [0.2, 0.25) is 5.91 Å². The number of nitrogens with zero attached hydrogens (tertiary/aromatic N) is 2. The molecule has 0 aromatic rings. The van der Waals surface area contributed by atoms with Gasteiger partial charge in [0.1, 0.15) is 6.54 Å². The number of carbonyl (C=O) groups is 1. The van der Waals surface area contributed by atoms with Gasteiger partial charge >= 0.3 is 0 Å². The molecule has 16 heavy (non-hydrogen) atoms. The van der Waals surface area contributed by atoms with Crippen LogP contribution in [-0.4, -0.2) is 48.2 Å². The van der Waals surface area contributed by atoms with Crippen LogP contribution >= 0.6 is 0 Å². The van der Waals surface area contributed by atoms with Gasteiger partial charge in [-0.2, -0.15) is 5.26 Å². The van der Waals surface area contributed by atoms with Gasteiger partial charge in [0, 0.05) is 12.6 Å². The minimum absolute atomic E-state index is 0.0520. The summed E-state index contributed by atoms with van der Waals surface area (Å²) in [6.07, 6.45) is 4.61. The average molecular weight is 225 g/mol. The number of carbonyl (C=O) groups excluding carboxylic acids is 1. The van der Waals surface area contributed by atoms with Crippen LogP contribution in [0.3, 0.4) is 0 Å². The van der Waals surface area contributed by atoms with Crippen molar-refractivity contribution in [2.24, 2.45) is 0 Å². The standard InChI is InChI=1S/C11H19N3O2/c12-5-6-13-11(16)9-14(7-8-15)10-3-1-2-4-10/h10,15H,1-4,6-9H2,(H,13,16). The van der Waals surface area contributed by atoms with E-state index in [0.717, 1.165) is 12.8 Å². The van der Waals surface area contributed by atoms with Gasteiger partial charge in [-0.15, -0.1) is 0 Å². The molecule has 1 fully saturated rings. The summed E-state index contributed by atoms with van der Waals surface area (Å²) < 4.78 is 0. The number of aliphatic hydroxyl groups excluding tert-OH is 1. The summed E-state index contributed by atoms with van der Waals surface area (Å²) in [6, 6.07) is 2.29. The van der Waals surface area contributed by atoms with Gasteiger partial charge in [-0.05, 0) is 12.8 Å². The molecule has 0 atom stereocenters. The molecule has 0 aliphatic heterocycles. The van der Waals surface area contributed by atoms with Crippen molar-refractivity contribution in [2.45, 2.75) is 31.7 Å². The van der Waals surface area contributed by atoms with E-state index in [1.165, 1.54) is 12.8 Å². The Morgan fingerprint density at radius 3 is 2.75 bits per heavy atom. The molecule has 1 rings (SSSR count). The summed E-state index contributed by atoms with van der Waals surface area (Å²) in [7, 11) is 0. The first-order valence-electron chi connectivity index (χ1n) is 5.76. The van der Waals surface area contributed by atoms with Crippen molar-refractivity contribution in [1.82, 2.24) is 10.2 Å². The molecule has 2 N–H and O–H groups in total. The molecule has 0 saturated heterocycles. The predicted molar refractivity (Wildman–Crippen MR) is 59.5 cm³/mol. The minimum Gasteiger partial charge on any atom is -0.395 e. The lowest BCUT2D eigenvalue weighted by Gasteiger charge is -2.27. The maximum absolute atomic E-state index is 11.5. The van der Waals surface area contributed by atoms with Crippen LogP contribution < -0.4 is 5.32 Å². The second kappa shape index (κ2) is 7.20. The lowest BCUT2D eigenvalue weighted by molar-refractivity contribution is -0.122. The summed E-state index contributed by atoms with van der Waals surface area (Å²) in [4.78, 5) is 13.5. The molecule has 1 aliphatic carbocycles. The quantitative estimate of drug-likeness (QED) is 0.617. The fourth-order valence-electron chi connectivity index (χ4n) is 2.17. The number of hydrogen-bond acceptors (Lipinski definition) is 4. The molecular formula is C11H19N3O2. The van der Waals surface area contributed by atoms with Gasteiger partial charge in [-0.1, -0.05) is 12.8 Å². The number of amides is 1. The van der Waals surface area contributed by atoms with Crippen LogP contribution in [0.25, 0.3) is 0 Å². The fourth-order valence-corrected chi connectivity index (χ4v) is 2.17. The zero-order chi connectivity index (χ0) is 11.8. The molecule has 5 heteroatoms. The molecule has 0 aromatic heterocycles. The smallest absolute Gasteiger partial charge is 0.235 e. The van der Waals surface area contributed by atoms with Crippen LogP contribution in [0.4, 0.5) is 0 Å². The molecule has 1 amide bonds. The second-order valence-electron chi connectivity index (χ2n) is 4.07. The molecule has 0 unspecified atom stereocenters. The number of aliphatic hydroxyl groups is 1. The molecule has 1 saturated carbocycles. The highest BCUT2D eigenvalue weighted by molar-refractivity contribution is 5.78. The number of rotatable bonds is 6. The number of hydrogen-bond donors (Lipinski definition) is 2. The first-order valence-corrected chi connectivity index (χ1v) is 5.76. The third kappa shape index (κ3) is 4.17. The van der Waals surface area contributed by atoms with E-state index in [9.17, 15) is 4.79 Å². The Hall–Kier alpha value is -1.12. The van der Waals surface area contributed by atoms with E-state index in [1.54, 1.807) is 0 Å². The van der Waals surface area contributed by atoms with E-state index in [0.29, 0.717) is 12.6 Å². The normalized spacial score (nSPS) is 16.3. The Bertz CT molecular complexity index is 256. The van der Waals surface area contributed by atoms with E-state index >= 15 is 0 Å². The predicted octanol–water partition coefficient (Wildman–Crippen LogP) is -0.137. The van der Waals surface area contributed by atoms with Crippen LogP contribution in [0.5, 0.6) is 0 Å². The summed E-state index contributed by atoms with van der Waals surface area (Å²) in [6.45, 7) is 0.941. The summed E-state index contributed by atoms with van der Waals surface area (Å²) in [5.74, 6) is -0.137. The van der Waals surface area contributed by atoms with Crippen LogP contribution in [0.1, 0.15) is 25.7 Å². The zero-order valence-electron chi connectivity index (χ0n) is 9.48. The van der Waals surface area contributed by atoms with Crippen LogP contribution in [0.15, 0.2) is 0 Å². The van der Waals surface area contributed by atoms with E-state index < -0.39 is 0 Å². The Balaban J connectivity index is 2.37. The summed E-state index contributed by atoms with van der Waals surface area (Å²) >= 11 is 0. The molecule has 0 radical (unpaired) electrons. The van der Waals surface area contributed by atoms with Gasteiger partial charge in [-0.3, -0.25) is 9.69 Å². The van der Waals surface area contributed by atoms with Gasteiger partial charge in [0.15, 0.2) is 0 Å². The van der Waals surface area contributed by atoms with Crippen molar-refractivity contribution in [2.75, 3.05) is 26.2 Å². The third-order valence-electron chi connectivity index (χ3n) is 2.94. The lowest BCUT2D eigenvalue weighted by Crippen LogP contribution is -2.43. The van der Waals surface area contributed by atoms with Crippen molar-refractivity contribution in [3.05, 3.63) is 0 Å². The first kappa shape index (κ1) is 12.9. The number of nitriles is 1. The monoisotopic (exact) mass is 225 g/mol. The highest BCUT2D eigenvalue weighted by Gasteiger charge is 2.23. The highest BCUT2D eigenvalue weighted by atomic mass is 16.3. The molecule has 0 aromatic carbocycles. The molecule has 0 spiro atoms. The zero-order valence-corrected chi connectivity index (χ0v) is 9.48. The molecule has 1 aliphatic rings. The van der Waals surface area contributed by atoms with Crippen LogP contribution in [-0.2, 0) is 4.79 Å². The SMILES string of the molecule is N#CCNC(=O)CN(CCO)C1CCCC1. The molecular weight excluding hydrogens is 206 g/mol. The molecule has 0 bridgehead atoms. The van der Waals surface area contributed by atoms with Gasteiger partial charge < -0.3 is 10.4 Å². The first-order chi connectivity index (χ1) is 7.77. The van der Waals surface area contributed by atoms with Crippen LogP contribution in [0.2, 0.25) is 0 Å². The molecule has 5 nitrogen and oxygen atoms in total. The number of nitrogens with one attached hydrogen (secondary N) is 1. The van der Waals surface area contributed by atoms with Crippen molar-refractivity contribution in [3.8, 4) is 6.07 Å². The summed E-state index contributed by atoms with van der Waals surface area (Å²) in [5.41, 5.74) is 0. The Morgan fingerprint density at radius 2 is 2.19 bits per heavy atom. The maximum Gasteiger partial charge on any atom is 0.235 e.